The van der Waals surface area contributed by atoms with E-state index in [9.17, 15) is 0 Å². The average molecular weight is 284 g/mol. The highest BCUT2D eigenvalue weighted by atomic mass is 35.5. The fourth-order valence-electron chi connectivity index (χ4n) is 2.32. The average Bonchev–Trinajstić information content (AvgIpc) is 2.38. The molecule has 1 rings (SSSR count). The van der Waals surface area contributed by atoms with Crippen LogP contribution in [0.1, 0.15) is 40.0 Å². The minimum absolute atomic E-state index is 0.419. The van der Waals surface area contributed by atoms with Gasteiger partial charge in [0.1, 0.15) is 12.4 Å². The lowest BCUT2D eigenvalue weighted by Gasteiger charge is -2.22. The fourth-order valence-corrected chi connectivity index (χ4v) is 2.45. The Balaban J connectivity index is 2.42. The highest BCUT2D eigenvalue weighted by Gasteiger charge is 2.12. The van der Waals surface area contributed by atoms with Crippen molar-refractivity contribution in [1.29, 1.82) is 0 Å². The third-order valence-electron chi connectivity index (χ3n) is 3.23. The summed E-state index contributed by atoms with van der Waals surface area (Å²) in [5, 5.41) is 4.25. The Hall–Kier alpha value is -0.730. The lowest BCUT2D eigenvalue weighted by atomic mass is 9.97. The van der Waals surface area contributed by atoms with E-state index in [1.165, 1.54) is 12.8 Å². The van der Waals surface area contributed by atoms with E-state index in [1.807, 2.05) is 24.3 Å². The van der Waals surface area contributed by atoms with Crippen molar-refractivity contribution < 1.29 is 4.74 Å². The van der Waals surface area contributed by atoms with Gasteiger partial charge in [-0.2, -0.15) is 0 Å². The van der Waals surface area contributed by atoms with Crippen molar-refractivity contribution in [1.82, 2.24) is 5.32 Å². The molecule has 2 unspecified atom stereocenters. The molecule has 0 aliphatic rings. The van der Waals surface area contributed by atoms with Gasteiger partial charge in [0.2, 0.25) is 0 Å². The van der Waals surface area contributed by atoms with Gasteiger partial charge >= 0.3 is 0 Å². The van der Waals surface area contributed by atoms with Crippen molar-refractivity contribution in [2.75, 3.05) is 13.2 Å². The van der Waals surface area contributed by atoms with Crippen LogP contribution in [0.2, 0.25) is 5.02 Å². The van der Waals surface area contributed by atoms with Crippen LogP contribution in [-0.4, -0.2) is 19.2 Å². The molecule has 1 aromatic carbocycles. The second kappa shape index (κ2) is 9.22. The van der Waals surface area contributed by atoms with Crippen LogP contribution in [0.25, 0.3) is 0 Å². The topological polar surface area (TPSA) is 21.3 Å². The van der Waals surface area contributed by atoms with E-state index in [2.05, 4.69) is 26.1 Å². The molecule has 2 atom stereocenters. The van der Waals surface area contributed by atoms with Gasteiger partial charge in [0.05, 0.1) is 0 Å². The molecule has 0 amide bonds. The number of benzene rings is 1. The van der Waals surface area contributed by atoms with E-state index in [0.29, 0.717) is 12.6 Å². The van der Waals surface area contributed by atoms with E-state index in [0.717, 1.165) is 29.7 Å². The number of ether oxygens (including phenoxy) is 1. The summed E-state index contributed by atoms with van der Waals surface area (Å²) >= 11 is 5.86. The van der Waals surface area contributed by atoms with E-state index < -0.39 is 0 Å². The highest BCUT2D eigenvalue weighted by Crippen LogP contribution is 2.17. The van der Waals surface area contributed by atoms with Crippen LogP contribution in [0.3, 0.4) is 0 Å². The van der Waals surface area contributed by atoms with Gasteiger partial charge < -0.3 is 10.1 Å². The molecule has 0 saturated carbocycles. The number of likely N-dealkylation sites (N-methyl/N-ethyl adjacent to an activating group) is 1. The molecule has 19 heavy (non-hydrogen) atoms. The molecule has 0 fully saturated rings. The smallest absolute Gasteiger partial charge is 0.119 e. The summed E-state index contributed by atoms with van der Waals surface area (Å²) in [5.41, 5.74) is 0. The van der Waals surface area contributed by atoms with E-state index in [4.69, 9.17) is 16.3 Å². The lowest BCUT2D eigenvalue weighted by molar-refractivity contribution is 0.240. The molecule has 0 saturated heterocycles. The quantitative estimate of drug-likeness (QED) is 0.719. The van der Waals surface area contributed by atoms with Gasteiger partial charge in [-0.05, 0) is 43.1 Å². The third kappa shape index (κ3) is 6.84. The fraction of sp³-hybridized carbons (Fsp3) is 0.625. The van der Waals surface area contributed by atoms with Gasteiger partial charge in [-0.3, -0.25) is 0 Å². The van der Waals surface area contributed by atoms with Crippen molar-refractivity contribution >= 4 is 11.6 Å². The molecule has 0 aromatic heterocycles. The van der Waals surface area contributed by atoms with Gasteiger partial charge in [-0.1, -0.05) is 45.2 Å². The van der Waals surface area contributed by atoms with Crippen LogP contribution in [-0.2, 0) is 0 Å². The molecule has 0 heterocycles. The van der Waals surface area contributed by atoms with Crippen molar-refractivity contribution in [2.45, 2.75) is 46.1 Å². The van der Waals surface area contributed by atoms with Crippen molar-refractivity contribution in [3.8, 4) is 5.75 Å². The first-order chi connectivity index (χ1) is 9.15. The zero-order valence-corrected chi connectivity index (χ0v) is 13.0. The molecular formula is C16H26ClNO. The number of hydrogen-bond acceptors (Lipinski definition) is 2. The predicted molar refractivity (Wildman–Crippen MR) is 83.1 cm³/mol. The summed E-state index contributed by atoms with van der Waals surface area (Å²) in [6, 6.07) is 7.97. The molecule has 0 bridgehead atoms. The van der Waals surface area contributed by atoms with Gasteiger partial charge in [-0.25, -0.2) is 0 Å². The van der Waals surface area contributed by atoms with Crippen molar-refractivity contribution in [3.63, 3.8) is 0 Å². The highest BCUT2D eigenvalue weighted by molar-refractivity contribution is 6.30. The van der Waals surface area contributed by atoms with Crippen molar-refractivity contribution in [3.05, 3.63) is 29.3 Å². The first kappa shape index (κ1) is 16.3. The van der Waals surface area contributed by atoms with Crippen LogP contribution >= 0.6 is 11.6 Å². The third-order valence-corrected chi connectivity index (χ3v) is 3.48. The summed E-state index contributed by atoms with van der Waals surface area (Å²) < 4.78 is 5.83. The molecular weight excluding hydrogens is 258 g/mol. The molecule has 3 heteroatoms. The van der Waals surface area contributed by atoms with Gasteiger partial charge in [0.15, 0.2) is 0 Å². The van der Waals surface area contributed by atoms with Crippen LogP contribution in [0.4, 0.5) is 0 Å². The maximum atomic E-state index is 5.86. The first-order valence-electron chi connectivity index (χ1n) is 7.27. The van der Waals surface area contributed by atoms with E-state index in [-0.39, 0.29) is 0 Å². The number of hydrogen-bond donors (Lipinski definition) is 1. The zero-order chi connectivity index (χ0) is 14.1. The largest absolute Gasteiger partial charge is 0.492 e. The van der Waals surface area contributed by atoms with E-state index in [1.54, 1.807) is 0 Å². The molecule has 2 nitrogen and oxygen atoms in total. The molecule has 1 aromatic rings. The normalized spacial score (nSPS) is 14.1. The lowest BCUT2D eigenvalue weighted by Crippen LogP contribution is -2.36. The monoisotopic (exact) mass is 283 g/mol. The van der Waals surface area contributed by atoms with Gasteiger partial charge in [-0.15, -0.1) is 0 Å². The van der Waals surface area contributed by atoms with E-state index >= 15 is 0 Å². The number of halogens is 1. The maximum absolute atomic E-state index is 5.86. The number of rotatable bonds is 9. The Labute approximate surface area is 122 Å². The van der Waals surface area contributed by atoms with Crippen molar-refractivity contribution in [2.24, 2.45) is 5.92 Å². The maximum Gasteiger partial charge on any atom is 0.119 e. The standard InChI is InChI=1S/C16H26ClNO/c1-4-6-13(3)11-15(18-5-2)12-19-16-9-7-14(17)8-10-16/h7-10,13,15,18H,4-6,11-12H2,1-3H3. The summed E-state index contributed by atoms with van der Waals surface area (Å²) in [6.45, 7) is 8.38. The number of nitrogens with one attached hydrogen (secondary N) is 1. The summed E-state index contributed by atoms with van der Waals surface area (Å²) in [4.78, 5) is 0. The molecule has 0 aliphatic carbocycles. The Morgan fingerprint density at radius 2 is 1.89 bits per heavy atom. The Morgan fingerprint density at radius 1 is 1.21 bits per heavy atom. The van der Waals surface area contributed by atoms with Gasteiger partial charge in [0.25, 0.3) is 0 Å². The minimum atomic E-state index is 0.419. The minimum Gasteiger partial charge on any atom is -0.492 e. The molecule has 0 spiro atoms. The van der Waals surface area contributed by atoms with Gasteiger partial charge in [0, 0.05) is 11.1 Å². The second-order valence-electron chi connectivity index (χ2n) is 5.15. The molecule has 108 valence electrons. The Kier molecular flexibility index (Phi) is 7.92. The Bertz CT molecular complexity index is 339. The zero-order valence-electron chi connectivity index (χ0n) is 12.3. The molecule has 0 radical (unpaired) electrons. The molecule has 1 N–H and O–H groups in total. The first-order valence-corrected chi connectivity index (χ1v) is 7.65. The Morgan fingerprint density at radius 3 is 2.47 bits per heavy atom. The SMILES string of the molecule is CCCC(C)CC(COc1ccc(Cl)cc1)NCC. The van der Waals surface area contributed by atoms with Crippen LogP contribution in [0.15, 0.2) is 24.3 Å². The predicted octanol–water partition coefficient (Wildman–Crippen LogP) is 4.52. The summed E-state index contributed by atoms with van der Waals surface area (Å²) in [5.74, 6) is 1.62. The second-order valence-corrected chi connectivity index (χ2v) is 5.59. The summed E-state index contributed by atoms with van der Waals surface area (Å²) in [7, 11) is 0. The van der Waals surface area contributed by atoms with Crippen LogP contribution < -0.4 is 10.1 Å². The molecule has 0 aliphatic heterocycles. The summed E-state index contributed by atoms with van der Waals surface area (Å²) in [6.07, 6.45) is 3.69. The van der Waals surface area contributed by atoms with Crippen LogP contribution in [0, 0.1) is 5.92 Å². The van der Waals surface area contributed by atoms with Crippen LogP contribution in [0.5, 0.6) is 5.75 Å².